The predicted octanol–water partition coefficient (Wildman–Crippen LogP) is 4.65. The minimum atomic E-state index is 0.657. The fraction of sp³-hybridized carbons (Fsp3) is 0.0769. The number of hydrogen-bond acceptors (Lipinski definition) is 5. The van der Waals surface area contributed by atoms with E-state index in [1.54, 1.807) is 23.1 Å². The smallest absolute Gasteiger partial charge is 0.224 e. The minimum Gasteiger partial charge on any atom is -0.357 e. The van der Waals surface area contributed by atoms with E-state index in [2.05, 4.69) is 43.3 Å². The maximum atomic E-state index is 4.55. The van der Waals surface area contributed by atoms with Gasteiger partial charge in [-0.3, -0.25) is 0 Å². The Labute approximate surface area is 127 Å². The highest BCUT2D eigenvalue weighted by atomic mass is 79.9. The summed E-state index contributed by atoms with van der Waals surface area (Å²) in [5, 5.41) is 7.13. The maximum absolute atomic E-state index is 4.55. The van der Waals surface area contributed by atoms with Crippen LogP contribution in [0.1, 0.15) is 0 Å². The lowest BCUT2D eigenvalue weighted by Crippen LogP contribution is -1.96. The summed E-state index contributed by atoms with van der Waals surface area (Å²) in [5.41, 5.74) is 0. The van der Waals surface area contributed by atoms with Crippen molar-refractivity contribution in [2.45, 2.75) is 9.92 Å². The van der Waals surface area contributed by atoms with Gasteiger partial charge in [-0.15, -0.1) is 11.3 Å². The summed E-state index contributed by atoms with van der Waals surface area (Å²) in [5.74, 6) is 0.657. The number of fused-ring (bicyclic) bond motifs is 1. The van der Waals surface area contributed by atoms with Gasteiger partial charge in [0.2, 0.25) is 5.95 Å². The Kier molecular flexibility index (Phi) is 3.72. The number of benzene rings is 1. The van der Waals surface area contributed by atoms with Crippen molar-refractivity contribution in [3.8, 4) is 0 Å². The van der Waals surface area contributed by atoms with Gasteiger partial charge in [-0.1, -0.05) is 23.9 Å². The van der Waals surface area contributed by atoms with E-state index < -0.39 is 0 Å². The number of nitrogens with one attached hydrogen (secondary N) is 1. The summed E-state index contributed by atoms with van der Waals surface area (Å²) in [6.07, 6.45) is 0. The number of anilines is 1. The lowest BCUT2D eigenvalue weighted by Gasteiger charge is -2.06. The van der Waals surface area contributed by atoms with Gasteiger partial charge in [-0.25, -0.2) is 9.97 Å². The Morgan fingerprint density at radius 3 is 2.84 bits per heavy atom. The van der Waals surface area contributed by atoms with Crippen LogP contribution in [0.4, 0.5) is 5.95 Å². The molecule has 0 atom stereocenters. The molecule has 19 heavy (non-hydrogen) atoms. The molecule has 0 spiro atoms. The third-order valence-electron chi connectivity index (χ3n) is 2.56. The Hall–Kier alpha value is -1.11. The van der Waals surface area contributed by atoms with Gasteiger partial charge in [-0.05, 0) is 39.5 Å². The SMILES string of the molecule is CNc1nc(Sc2ccccc2Br)c2ccsc2n1. The molecule has 0 fully saturated rings. The average molecular weight is 352 g/mol. The van der Waals surface area contributed by atoms with Crippen LogP contribution in [0.15, 0.2) is 50.1 Å². The lowest BCUT2D eigenvalue weighted by molar-refractivity contribution is 1.10. The Morgan fingerprint density at radius 1 is 1.21 bits per heavy atom. The van der Waals surface area contributed by atoms with Gasteiger partial charge < -0.3 is 5.32 Å². The molecular formula is C13H10BrN3S2. The second kappa shape index (κ2) is 5.48. The van der Waals surface area contributed by atoms with Crippen LogP contribution in [-0.4, -0.2) is 17.0 Å². The van der Waals surface area contributed by atoms with Crippen molar-refractivity contribution in [3.63, 3.8) is 0 Å². The molecule has 1 aromatic carbocycles. The number of nitrogens with zero attached hydrogens (tertiary/aromatic N) is 2. The fourth-order valence-corrected chi connectivity index (χ4v) is 3.93. The molecule has 3 nitrogen and oxygen atoms in total. The first kappa shape index (κ1) is 12.9. The largest absolute Gasteiger partial charge is 0.357 e. The third-order valence-corrected chi connectivity index (χ3v) is 5.40. The number of aromatic nitrogens is 2. The number of rotatable bonds is 3. The van der Waals surface area contributed by atoms with Crippen LogP contribution in [0.25, 0.3) is 10.2 Å². The molecule has 3 rings (SSSR count). The van der Waals surface area contributed by atoms with E-state index >= 15 is 0 Å². The van der Waals surface area contributed by atoms with Crippen molar-refractivity contribution in [2.75, 3.05) is 12.4 Å². The van der Waals surface area contributed by atoms with Crippen molar-refractivity contribution in [3.05, 3.63) is 40.2 Å². The van der Waals surface area contributed by atoms with Gasteiger partial charge in [0.1, 0.15) is 9.86 Å². The van der Waals surface area contributed by atoms with Gasteiger partial charge in [-0.2, -0.15) is 0 Å². The molecule has 0 aliphatic carbocycles. The van der Waals surface area contributed by atoms with Gasteiger partial charge in [0.15, 0.2) is 0 Å². The first-order valence-corrected chi connectivity index (χ1v) is 8.12. The van der Waals surface area contributed by atoms with Gasteiger partial charge >= 0.3 is 0 Å². The minimum absolute atomic E-state index is 0.657. The Balaban J connectivity index is 2.09. The molecule has 0 unspecified atom stereocenters. The van der Waals surface area contributed by atoms with Crippen LogP contribution in [0.5, 0.6) is 0 Å². The van der Waals surface area contributed by atoms with Gasteiger partial charge in [0.05, 0.1) is 0 Å². The lowest BCUT2D eigenvalue weighted by atomic mass is 10.4. The van der Waals surface area contributed by atoms with Crippen LogP contribution in [0, 0.1) is 0 Å². The van der Waals surface area contributed by atoms with Crippen LogP contribution >= 0.6 is 39.0 Å². The molecule has 0 aliphatic heterocycles. The summed E-state index contributed by atoms with van der Waals surface area (Å²) < 4.78 is 1.08. The quantitative estimate of drug-likeness (QED) is 0.697. The Morgan fingerprint density at radius 2 is 2.05 bits per heavy atom. The molecule has 1 N–H and O–H groups in total. The van der Waals surface area contributed by atoms with Crippen LogP contribution < -0.4 is 5.32 Å². The molecule has 0 saturated heterocycles. The average Bonchev–Trinajstić information content (AvgIpc) is 2.89. The van der Waals surface area contributed by atoms with Crippen LogP contribution in [-0.2, 0) is 0 Å². The first-order valence-electron chi connectivity index (χ1n) is 5.63. The predicted molar refractivity (Wildman–Crippen MR) is 85.2 cm³/mol. The van der Waals surface area contributed by atoms with Crippen LogP contribution in [0.3, 0.4) is 0 Å². The molecule has 0 radical (unpaired) electrons. The first-order chi connectivity index (χ1) is 9.28. The molecule has 2 heterocycles. The summed E-state index contributed by atoms with van der Waals surface area (Å²) in [6, 6.07) is 10.2. The van der Waals surface area contributed by atoms with E-state index in [0.717, 1.165) is 24.6 Å². The van der Waals surface area contributed by atoms with Crippen molar-refractivity contribution in [1.82, 2.24) is 9.97 Å². The molecule has 6 heteroatoms. The monoisotopic (exact) mass is 351 g/mol. The molecule has 96 valence electrons. The zero-order chi connectivity index (χ0) is 13.2. The van der Waals surface area contributed by atoms with Crippen molar-refractivity contribution < 1.29 is 0 Å². The normalized spacial score (nSPS) is 10.8. The van der Waals surface area contributed by atoms with Crippen LogP contribution in [0.2, 0.25) is 0 Å². The summed E-state index contributed by atoms with van der Waals surface area (Å²) >= 11 is 6.84. The van der Waals surface area contributed by atoms with Gasteiger partial charge in [0.25, 0.3) is 0 Å². The standard InChI is InChI=1S/C13H10BrN3S2/c1-15-13-16-11-8(6-7-18-11)12(17-13)19-10-5-3-2-4-9(10)14/h2-7H,1H3,(H,15,16,17). The highest BCUT2D eigenvalue weighted by Crippen LogP contribution is 2.37. The number of halogens is 1. The topological polar surface area (TPSA) is 37.8 Å². The molecule has 0 amide bonds. The zero-order valence-electron chi connectivity index (χ0n) is 10.1. The molecule has 0 aliphatic rings. The summed E-state index contributed by atoms with van der Waals surface area (Å²) in [7, 11) is 1.83. The van der Waals surface area contributed by atoms with E-state index in [-0.39, 0.29) is 0 Å². The van der Waals surface area contributed by atoms with E-state index in [4.69, 9.17) is 0 Å². The van der Waals surface area contributed by atoms with Crippen molar-refractivity contribution in [2.24, 2.45) is 0 Å². The van der Waals surface area contributed by atoms with Crippen molar-refractivity contribution >= 4 is 55.2 Å². The maximum Gasteiger partial charge on any atom is 0.224 e. The second-order valence-corrected chi connectivity index (χ2v) is 6.55. The summed E-state index contributed by atoms with van der Waals surface area (Å²) in [4.78, 5) is 11.2. The molecule has 0 bridgehead atoms. The van der Waals surface area contributed by atoms with Gasteiger partial charge in [0, 0.05) is 21.8 Å². The number of hydrogen-bond donors (Lipinski definition) is 1. The molecule has 2 aromatic heterocycles. The van der Waals surface area contributed by atoms with Crippen molar-refractivity contribution in [1.29, 1.82) is 0 Å². The third kappa shape index (κ3) is 2.61. The fourth-order valence-electron chi connectivity index (χ4n) is 1.65. The Bertz CT molecular complexity index is 727. The van der Waals surface area contributed by atoms with E-state index in [9.17, 15) is 0 Å². The second-order valence-electron chi connectivity index (χ2n) is 3.77. The van der Waals surface area contributed by atoms with E-state index in [1.807, 2.05) is 30.6 Å². The highest BCUT2D eigenvalue weighted by molar-refractivity contribution is 9.10. The zero-order valence-corrected chi connectivity index (χ0v) is 13.3. The molecule has 0 saturated carbocycles. The highest BCUT2D eigenvalue weighted by Gasteiger charge is 2.11. The van der Waals surface area contributed by atoms with E-state index in [1.165, 1.54) is 0 Å². The molecule has 3 aromatic rings. The molecular weight excluding hydrogens is 342 g/mol. The number of thiophene rings is 1. The van der Waals surface area contributed by atoms with E-state index in [0.29, 0.717) is 5.95 Å². The summed E-state index contributed by atoms with van der Waals surface area (Å²) in [6.45, 7) is 0.